The second-order valence-corrected chi connectivity index (χ2v) is 4.63. The summed E-state index contributed by atoms with van der Waals surface area (Å²) in [6.07, 6.45) is 1.62. The molecule has 9 heteroatoms. The Balaban J connectivity index is 0.000000450. The van der Waals surface area contributed by atoms with E-state index in [2.05, 4.69) is 10.6 Å². The third-order valence-corrected chi connectivity index (χ3v) is 2.76. The number of carboxylic acids is 2. The Bertz CT molecular complexity index is 673. The molecule has 4 N–H and O–H groups in total. The molecule has 0 saturated heterocycles. The highest BCUT2D eigenvalue weighted by atomic mass is 19.1. The summed E-state index contributed by atoms with van der Waals surface area (Å²) in [5, 5.41) is 20.7. The van der Waals surface area contributed by atoms with Crippen molar-refractivity contribution >= 4 is 17.8 Å². The van der Waals surface area contributed by atoms with Gasteiger partial charge < -0.3 is 25.3 Å². The lowest BCUT2D eigenvalue weighted by Gasteiger charge is -2.06. The van der Waals surface area contributed by atoms with E-state index in [1.54, 1.807) is 6.26 Å². The number of aliphatic carboxylic acids is 2. The minimum Gasteiger partial charge on any atom is -0.473 e. The van der Waals surface area contributed by atoms with E-state index in [1.165, 1.54) is 24.3 Å². The number of hydrogen-bond acceptors (Lipinski definition) is 5. The molecule has 1 amide bonds. The van der Waals surface area contributed by atoms with Crippen molar-refractivity contribution in [2.24, 2.45) is 0 Å². The van der Waals surface area contributed by atoms with Crippen molar-refractivity contribution in [2.45, 2.75) is 6.54 Å². The van der Waals surface area contributed by atoms with Gasteiger partial charge in [-0.3, -0.25) is 4.79 Å². The lowest BCUT2D eigenvalue weighted by atomic mass is 10.2. The van der Waals surface area contributed by atoms with Crippen LogP contribution in [-0.2, 0) is 16.1 Å². The number of carbonyl (C=O) groups is 3. The van der Waals surface area contributed by atoms with Crippen LogP contribution in [0.5, 0.6) is 0 Å². The van der Waals surface area contributed by atoms with Crippen LogP contribution in [0.3, 0.4) is 0 Å². The van der Waals surface area contributed by atoms with Crippen molar-refractivity contribution in [3.63, 3.8) is 0 Å². The van der Waals surface area contributed by atoms with E-state index in [1.807, 2.05) is 12.1 Å². The third-order valence-electron chi connectivity index (χ3n) is 2.76. The summed E-state index contributed by atoms with van der Waals surface area (Å²) in [6.45, 7) is 1.75. The van der Waals surface area contributed by atoms with Crippen molar-refractivity contribution in [2.75, 3.05) is 13.1 Å². The monoisotopic (exact) mass is 352 g/mol. The molecule has 8 nitrogen and oxygen atoms in total. The maximum Gasteiger partial charge on any atom is 0.414 e. The first-order valence-corrected chi connectivity index (χ1v) is 7.13. The third kappa shape index (κ3) is 8.28. The second-order valence-electron chi connectivity index (χ2n) is 4.63. The average Bonchev–Trinajstić information content (AvgIpc) is 3.09. The minimum absolute atomic E-state index is 0.209. The van der Waals surface area contributed by atoms with Crippen molar-refractivity contribution in [3.8, 4) is 0 Å². The van der Waals surface area contributed by atoms with Gasteiger partial charge in [0.05, 0.1) is 12.8 Å². The van der Waals surface area contributed by atoms with E-state index in [-0.39, 0.29) is 11.7 Å². The number of rotatable bonds is 6. The number of halogens is 1. The summed E-state index contributed by atoms with van der Waals surface area (Å²) < 4.78 is 17.8. The first-order valence-electron chi connectivity index (χ1n) is 7.13. The van der Waals surface area contributed by atoms with E-state index in [0.717, 1.165) is 5.76 Å². The largest absolute Gasteiger partial charge is 0.473 e. The van der Waals surface area contributed by atoms with Crippen LogP contribution < -0.4 is 10.6 Å². The molecule has 2 rings (SSSR count). The molecular formula is C16H17FN2O6. The fourth-order valence-electron chi connectivity index (χ4n) is 1.59. The van der Waals surface area contributed by atoms with E-state index >= 15 is 0 Å². The molecule has 1 heterocycles. The molecule has 0 aliphatic rings. The van der Waals surface area contributed by atoms with Crippen LogP contribution in [0, 0.1) is 5.82 Å². The quantitative estimate of drug-likeness (QED) is 0.452. The average molecular weight is 352 g/mol. The topological polar surface area (TPSA) is 129 Å². The molecule has 1 aromatic carbocycles. The summed E-state index contributed by atoms with van der Waals surface area (Å²) in [4.78, 5) is 29.9. The molecule has 0 bridgehead atoms. The Morgan fingerprint density at radius 1 is 1.00 bits per heavy atom. The SMILES string of the molecule is O=C(NCCNCc1ccco1)c1ccc(F)cc1.O=C(O)C(=O)O. The first kappa shape index (κ1) is 19.8. The van der Waals surface area contributed by atoms with Crippen LogP contribution in [0.25, 0.3) is 0 Å². The molecule has 1 aromatic heterocycles. The number of carboxylic acid groups (broad SMARTS) is 2. The van der Waals surface area contributed by atoms with Gasteiger partial charge >= 0.3 is 11.9 Å². The van der Waals surface area contributed by atoms with E-state index in [9.17, 15) is 9.18 Å². The van der Waals surface area contributed by atoms with Crippen LogP contribution in [0.1, 0.15) is 16.1 Å². The van der Waals surface area contributed by atoms with Crippen LogP contribution in [0.4, 0.5) is 4.39 Å². The van der Waals surface area contributed by atoms with Gasteiger partial charge in [-0.2, -0.15) is 0 Å². The molecule has 0 radical (unpaired) electrons. The Labute approximate surface area is 142 Å². The van der Waals surface area contributed by atoms with Gasteiger partial charge in [0.2, 0.25) is 0 Å². The van der Waals surface area contributed by atoms with Gasteiger partial charge in [0, 0.05) is 18.7 Å². The predicted molar refractivity (Wildman–Crippen MR) is 84.4 cm³/mol. The Morgan fingerprint density at radius 2 is 1.64 bits per heavy atom. The van der Waals surface area contributed by atoms with E-state index < -0.39 is 11.9 Å². The number of benzene rings is 1. The highest BCUT2D eigenvalue weighted by Crippen LogP contribution is 2.02. The zero-order chi connectivity index (χ0) is 18.7. The molecule has 0 saturated carbocycles. The smallest absolute Gasteiger partial charge is 0.414 e. The maximum absolute atomic E-state index is 12.7. The zero-order valence-electron chi connectivity index (χ0n) is 13.1. The number of carbonyl (C=O) groups excluding carboxylic acids is 1. The Kier molecular flexibility index (Phi) is 8.38. The standard InChI is InChI=1S/C14H15FN2O2.C2H2O4/c15-12-5-3-11(4-6-12)14(18)17-8-7-16-10-13-2-1-9-19-13;3-1(4)2(5)6/h1-6,9,16H,7-8,10H2,(H,17,18);(H,3,4)(H,5,6). The van der Waals surface area contributed by atoms with Gasteiger partial charge in [-0.25, -0.2) is 14.0 Å². The van der Waals surface area contributed by atoms with Crippen LogP contribution >= 0.6 is 0 Å². The van der Waals surface area contributed by atoms with Gasteiger partial charge in [0.25, 0.3) is 5.91 Å². The summed E-state index contributed by atoms with van der Waals surface area (Å²) in [6, 6.07) is 9.16. The van der Waals surface area contributed by atoms with Gasteiger partial charge in [-0.1, -0.05) is 0 Å². The van der Waals surface area contributed by atoms with E-state index in [0.29, 0.717) is 25.2 Å². The van der Waals surface area contributed by atoms with Crippen molar-refractivity contribution in [3.05, 3.63) is 59.8 Å². The number of hydrogen-bond donors (Lipinski definition) is 4. The Morgan fingerprint density at radius 3 is 2.16 bits per heavy atom. The number of amides is 1. The highest BCUT2D eigenvalue weighted by Gasteiger charge is 2.04. The fourth-order valence-corrected chi connectivity index (χ4v) is 1.59. The van der Waals surface area contributed by atoms with Gasteiger partial charge in [0.15, 0.2) is 0 Å². The molecule has 0 unspecified atom stereocenters. The normalized spacial score (nSPS) is 9.64. The van der Waals surface area contributed by atoms with Crippen LogP contribution in [0.2, 0.25) is 0 Å². The molecule has 0 aliphatic heterocycles. The summed E-state index contributed by atoms with van der Waals surface area (Å²) in [5.41, 5.74) is 0.451. The van der Waals surface area contributed by atoms with Crippen molar-refractivity contribution < 1.29 is 33.4 Å². The predicted octanol–water partition coefficient (Wildman–Crippen LogP) is 1.09. The molecular weight excluding hydrogens is 335 g/mol. The van der Waals surface area contributed by atoms with Gasteiger partial charge in [-0.05, 0) is 36.4 Å². The molecule has 0 spiro atoms. The summed E-state index contributed by atoms with van der Waals surface area (Å²) >= 11 is 0. The van der Waals surface area contributed by atoms with Crippen LogP contribution in [-0.4, -0.2) is 41.1 Å². The van der Waals surface area contributed by atoms with Crippen molar-refractivity contribution in [1.82, 2.24) is 10.6 Å². The molecule has 2 aromatic rings. The summed E-state index contributed by atoms with van der Waals surface area (Å²) in [7, 11) is 0. The lowest BCUT2D eigenvalue weighted by Crippen LogP contribution is -2.31. The fraction of sp³-hybridized carbons (Fsp3) is 0.188. The first-order chi connectivity index (χ1) is 11.9. The molecule has 0 fully saturated rings. The lowest BCUT2D eigenvalue weighted by molar-refractivity contribution is -0.159. The van der Waals surface area contributed by atoms with E-state index in [4.69, 9.17) is 24.2 Å². The molecule has 25 heavy (non-hydrogen) atoms. The molecule has 134 valence electrons. The molecule has 0 aliphatic carbocycles. The van der Waals surface area contributed by atoms with Crippen LogP contribution in [0.15, 0.2) is 47.1 Å². The maximum atomic E-state index is 12.7. The van der Waals surface area contributed by atoms with Crippen molar-refractivity contribution in [1.29, 1.82) is 0 Å². The van der Waals surface area contributed by atoms with Gasteiger partial charge in [0.1, 0.15) is 11.6 Å². The highest BCUT2D eigenvalue weighted by molar-refractivity contribution is 6.27. The number of nitrogens with one attached hydrogen (secondary N) is 2. The summed E-state index contributed by atoms with van der Waals surface area (Å²) in [5.74, 6) is -3.36. The Hall–Kier alpha value is -3.20. The zero-order valence-corrected chi connectivity index (χ0v) is 13.1. The number of furan rings is 1. The van der Waals surface area contributed by atoms with Gasteiger partial charge in [-0.15, -0.1) is 0 Å². The molecule has 0 atom stereocenters. The second kappa shape index (κ2) is 10.6. The minimum atomic E-state index is -1.82.